The molecule has 1 aromatic carbocycles. The molecule has 0 aliphatic carbocycles. The molecule has 90 valence electrons. The summed E-state index contributed by atoms with van der Waals surface area (Å²) in [7, 11) is -3.66. The topological polar surface area (TPSA) is 84.6 Å². The van der Waals surface area contributed by atoms with Crippen LogP contribution in [0.3, 0.4) is 0 Å². The minimum absolute atomic E-state index is 0.135. The molecule has 1 heterocycles. The first-order chi connectivity index (χ1) is 8.08. The Labute approximate surface area is 104 Å². The lowest BCUT2D eigenvalue weighted by Crippen LogP contribution is -2.19. The van der Waals surface area contributed by atoms with E-state index in [0.29, 0.717) is 16.6 Å². The summed E-state index contributed by atoms with van der Waals surface area (Å²) in [5.74, 6) is 0.711. The Bertz CT molecular complexity index is 562. The number of nitrogen functional groups attached to an aromatic ring is 1. The predicted molar refractivity (Wildman–Crippen MR) is 70.2 cm³/mol. The number of benzene rings is 1. The zero-order chi connectivity index (χ0) is 12.3. The largest absolute Gasteiger partial charge is 0.399 e. The molecule has 0 saturated carbocycles. The number of nitrogens with one attached hydrogen (secondary N) is 1. The Kier molecular flexibility index (Phi) is 3.39. The molecule has 0 bridgehead atoms. The van der Waals surface area contributed by atoms with Gasteiger partial charge in [0.1, 0.15) is 0 Å². The highest BCUT2D eigenvalue weighted by molar-refractivity contribution is 8.14. The Balaban J connectivity index is 2.30. The maximum Gasteiger partial charge on any atom is 0.284 e. The molecule has 0 fully saturated rings. The quantitative estimate of drug-likeness (QED) is 0.787. The average molecular weight is 269 g/mol. The molecule has 0 radical (unpaired) electrons. The summed E-state index contributed by atoms with van der Waals surface area (Å²) in [4.78, 5) is 0.135. The molecule has 0 saturated heterocycles. The van der Waals surface area contributed by atoms with E-state index < -0.39 is 10.0 Å². The van der Waals surface area contributed by atoms with Gasteiger partial charge in [0.2, 0.25) is 0 Å². The van der Waals surface area contributed by atoms with E-state index in [4.69, 9.17) is 5.73 Å². The van der Waals surface area contributed by atoms with Crippen molar-refractivity contribution in [3.05, 3.63) is 36.5 Å². The van der Waals surface area contributed by atoms with Gasteiger partial charge < -0.3 is 11.1 Å². The molecule has 1 aliphatic heterocycles. The number of thioether (sulfide) groups is 1. The van der Waals surface area contributed by atoms with Crippen LogP contribution in [0.25, 0.3) is 0 Å². The molecule has 1 aromatic rings. The lowest BCUT2D eigenvalue weighted by molar-refractivity contribution is 0.598. The van der Waals surface area contributed by atoms with Gasteiger partial charge in [-0.2, -0.15) is 8.42 Å². The number of rotatable bonds is 2. The van der Waals surface area contributed by atoms with E-state index in [-0.39, 0.29) is 4.90 Å². The molecular weight excluding hydrogens is 258 g/mol. The molecule has 0 atom stereocenters. The first kappa shape index (κ1) is 12.0. The summed E-state index contributed by atoms with van der Waals surface area (Å²) >= 11 is 1.34. The van der Waals surface area contributed by atoms with Crippen molar-refractivity contribution in [1.82, 2.24) is 5.32 Å². The maximum atomic E-state index is 11.9. The fourth-order valence-corrected chi connectivity index (χ4v) is 3.06. The van der Waals surface area contributed by atoms with Crippen molar-refractivity contribution in [2.75, 3.05) is 11.5 Å². The van der Waals surface area contributed by atoms with Gasteiger partial charge in [0.25, 0.3) is 10.0 Å². The fraction of sp³-hybridized carbons (Fsp3) is 0.100. The zero-order valence-corrected chi connectivity index (χ0v) is 10.5. The lowest BCUT2D eigenvalue weighted by Gasteiger charge is -2.08. The van der Waals surface area contributed by atoms with Crippen LogP contribution in [0.4, 0.5) is 5.69 Å². The lowest BCUT2D eigenvalue weighted by atomic mass is 10.3. The van der Waals surface area contributed by atoms with E-state index in [9.17, 15) is 8.42 Å². The summed E-state index contributed by atoms with van der Waals surface area (Å²) in [6.45, 7) is 0. The van der Waals surface area contributed by atoms with Crippen molar-refractivity contribution >= 4 is 32.6 Å². The molecule has 7 heteroatoms. The Morgan fingerprint density at radius 3 is 2.59 bits per heavy atom. The number of hydrogen-bond donors (Lipinski definition) is 2. The second kappa shape index (κ2) is 4.80. The third kappa shape index (κ3) is 3.01. The van der Waals surface area contributed by atoms with Crippen LogP contribution < -0.4 is 11.1 Å². The van der Waals surface area contributed by atoms with Gasteiger partial charge in [-0.1, -0.05) is 17.8 Å². The monoisotopic (exact) mass is 269 g/mol. The normalized spacial score (nSPS) is 18.0. The molecule has 0 unspecified atom stereocenters. The van der Waals surface area contributed by atoms with Gasteiger partial charge >= 0.3 is 0 Å². The first-order valence-corrected chi connectivity index (χ1v) is 7.25. The Hall–Kier alpha value is -1.47. The zero-order valence-electron chi connectivity index (χ0n) is 8.83. The fourth-order valence-electron chi connectivity index (χ4n) is 1.20. The van der Waals surface area contributed by atoms with Crippen molar-refractivity contribution in [1.29, 1.82) is 0 Å². The summed E-state index contributed by atoms with van der Waals surface area (Å²) in [5.41, 5.74) is 6.02. The van der Waals surface area contributed by atoms with Gasteiger partial charge in [-0.3, -0.25) is 0 Å². The van der Waals surface area contributed by atoms with Gasteiger partial charge in [0.15, 0.2) is 5.17 Å². The maximum absolute atomic E-state index is 11.9. The molecule has 1 aliphatic rings. The van der Waals surface area contributed by atoms with Gasteiger partial charge in [0, 0.05) is 11.4 Å². The number of sulfonamides is 1. The van der Waals surface area contributed by atoms with Crippen LogP contribution >= 0.6 is 11.8 Å². The number of nitrogens with two attached hydrogens (primary N) is 1. The minimum Gasteiger partial charge on any atom is -0.399 e. The first-order valence-electron chi connectivity index (χ1n) is 4.83. The van der Waals surface area contributed by atoms with Crippen LogP contribution in [0.2, 0.25) is 0 Å². The summed E-state index contributed by atoms with van der Waals surface area (Å²) in [5, 5.41) is 3.16. The van der Waals surface area contributed by atoms with Crippen LogP contribution in [-0.4, -0.2) is 19.3 Å². The van der Waals surface area contributed by atoms with E-state index in [0.717, 1.165) is 0 Å². The standard InChI is InChI=1S/C10H11N3O2S2/c11-8-2-4-9(5-3-8)17(14,15)13-10-12-6-1-7-16-10/h1-6H,7,11H2,(H,12,13). The van der Waals surface area contributed by atoms with E-state index in [1.165, 1.54) is 36.0 Å². The number of anilines is 1. The van der Waals surface area contributed by atoms with Gasteiger partial charge in [-0.15, -0.1) is 4.40 Å². The smallest absolute Gasteiger partial charge is 0.284 e. The molecule has 0 spiro atoms. The van der Waals surface area contributed by atoms with Crippen molar-refractivity contribution in [2.45, 2.75) is 4.90 Å². The van der Waals surface area contributed by atoms with E-state index in [1.54, 1.807) is 6.20 Å². The van der Waals surface area contributed by atoms with E-state index in [1.807, 2.05) is 6.08 Å². The highest BCUT2D eigenvalue weighted by Crippen LogP contribution is 2.17. The van der Waals surface area contributed by atoms with Crippen molar-refractivity contribution in [3.63, 3.8) is 0 Å². The molecule has 5 nitrogen and oxygen atoms in total. The second-order valence-corrected chi connectivity index (χ2v) is 5.91. The Morgan fingerprint density at radius 2 is 2.00 bits per heavy atom. The average Bonchev–Trinajstić information content (AvgIpc) is 2.30. The van der Waals surface area contributed by atoms with Crippen molar-refractivity contribution in [2.24, 2.45) is 4.40 Å². The number of amidine groups is 1. The summed E-state index contributed by atoms with van der Waals surface area (Å²) < 4.78 is 27.5. The summed E-state index contributed by atoms with van der Waals surface area (Å²) in [6.07, 6.45) is 3.56. The van der Waals surface area contributed by atoms with Crippen molar-refractivity contribution < 1.29 is 8.42 Å². The van der Waals surface area contributed by atoms with Crippen LogP contribution in [0.1, 0.15) is 0 Å². The van der Waals surface area contributed by atoms with E-state index >= 15 is 0 Å². The third-order valence-corrected chi connectivity index (χ3v) is 4.27. The molecule has 0 amide bonds. The van der Waals surface area contributed by atoms with Crippen molar-refractivity contribution in [3.8, 4) is 0 Å². The van der Waals surface area contributed by atoms with Gasteiger partial charge in [0.05, 0.1) is 4.90 Å². The third-order valence-electron chi connectivity index (χ3n) is 2.02. The highest BCUT2D eigenvalue weighted by atomic mass is 32.2. The second-order valence-electron chi connectivity index (χ2n) is 3.30. The van der Waals surface area contributed by atoms with Crippen LogP contribution in [0.15, 0.2) is 45.8 Å². The number of nitrogens with zero attached hydrogens (tertiary/aromatic N) is 1. The molecule has 3 N–H and O–H groups in total. The highest BCUT2D eigenvalue weighted by Gasteiger charge is 2.14. The van der Waals surface area contributed by atoms with Gasteiger partial charge in [-0.05, 0) is 30.5 Å². The number of hydrogen-bond acceptors (Lipinski definition) is 4. The van der Waals surface area contributed by atoms with Crippen LogP contribution in [0.5, 0.6) is 0 Å². The molecular formula is C10H11N3O2S2. The molecule has 17 heavy (non-hydrogen) atoms. The summed E-state index contributed by atoms with van der Waals surface area (Å²) in [6, 6.07) is 5.96. The Morgan fingerprint density at radius 1 is 1.29 bits per heavy atom. The molecule has 0 aromatic heterocycles. The van der Waals surface area contributed by atoms with Crippen LogP contribution in [-0.2, 0) is 10.0 Å². The van der Waals surface area contributed by atoms with Gasteiger partial charge in [-0.25, -0.2) is 0 Å². The molecule has 2 rings (SSSR count). The minimum atomic E-state index is -3.66. The SMILES string of the molecule is Nc1ccc(S(=O)(=O)/N=C2\NC=CCS2)cc1. The van der Waals surface area contributed by atoms with Crippen LogP contribution in [0, 0.1) is 0 Å². The predicted octanol–water partition coefficient (Wildman–Crippen LogP) is 1.16. The van der Waals surface area contributed by atoms with E-state index in [2.05, 4.69) is 9.71 Å².